The van der Waals surface area contributed by atoms with E-state index in [1.54, 1.807) is 18.2 Å². The van der Waals surface area contributed by atoms with Crippen molar-refractivity contribution in [2.45, 2.75) is 0 Å². The molecule has 0 unspecified atom stereocenters. The van der Waals surface area contributed by atoms with Crippen LogP contribution in [-0.2, 0) is 0 Å². The van der Waals surface area contributed by atoms with E-state index < -0.39 is 0 Å². The summed E-state index contributed by atoms with van der Waals surface area (Å²) in [4.78, 5) is 7.54. The van der Waals surface area contributed by atoms with E-state index in [-0.39, 0.29) is 5.75 Å². The van der Waals surface area contributed by atoms with E-state index in [1.165, 1.54) is 13.2 Å². The van der Waals surface area contributed by atoms with Gasteiger partial charge in [-0.1, -0.05) is 18.2 Å². The van der Waals surface area contributed by atoms with Gasteiger partial charge >= 0.3 is 0 Å². The Morgan fingerprint density at radius 3 is 2.86 bits per heavy atom. The van der Waals surface area contributed by atoms with Crippen molar-refractivity contribution in [3.05, 3.63) is 53.9 Å². The van der Waals surface area contributed by atoms with E-state index in [0.717, 1.165) is 16.6 Å². The SMILES string of the molecule is COc1cc(C=C(C#N)c2nc3ccccc3[nH]2)ccc1O. The van der Waals surface area contributed by atoms with E-state index in [9.17, 15) is 10.4 Å². The number of imidazole rings is 1. The van der Waals surface area contributed by atoms with Gasteiger partial charge in [0, 0.05) is 0 Å². The predicted octanol–water partition coefficient (Wildman–Crippen LogP) is 3.34. The maximum absolute atomic E-state index is 9.61. The second-order valence-electron chi connectivity index (χ2n) is 4.70. The Labute approximate surface area is 127 Å². The van der Waals surface area contributed by atoms with Crippen molar-refractivity contribution in [3.63, 3.8) is 0 Å². The van der Waals surface area contributed by atoms with Crippen LogP contribution in [0.15, 0.2) is 42.5 Å². The zero-order chi connectivity index (χ0) is 15.5. The van der Waals surface area contributed by atoms with Gasteiger partial charge in [-0.3, -0.25) is 0 Å². The van der Waals surface area contributed by atoms with Crippen LogP contribution >= 0.6 is 0 Å². The first-order chi connectivity index (χ1) is 10.7. The Bertz CT molecular complexity index is 871. The molecule has 0 fully saturated rings. The smallest absolute Gasteiger partial charge is 0.161 e. The number of phenols is 1. The highest BCUT2D eigenvalue weighted by molar-refractivity contribution is 5.90. The van der Waals surface area contributed by atoms with Crippen LogP contribution in [0.3, 0.4) is 0 Å². The molecule has 108 valence electrons. The van der Waals surface area contributed by atoms with Crippen LogP contribution in [0, 0.1) is 11.3 Å². The van der Waals surface area contributed by atoms with E-state index in [2.05, 4.69) is 16.0 Å². The number of benzene rings is 2. The molecule has 3 aromatic rings. The first kappa shape index (κ1) is 13.7. The van der Waals surface area contributed by atoms with E-state index >= 15 is 0 Å². The quantitative estimate of drug-likeness (QED) is 0.725. The van der Waals surface area contributed by atoms with Gasteiger partial charge in [-0.05, 0) is 35.9 Å². The first-order valence-corrected chi connectivity index (χ1v) is 6.65. The molecule has 3 rings (SSSR count). The van der Waals surface area contributed by atoms with Gasteiger partial charge in [-0.25, -0.2) is 4.98 Å². The average Bonchev–Trinajstić information content (AvgIpc) is 2.97. The number of aromatic hydroxyl groups is 1. The number of nitrogens with zero attached hydrogens (tertiary/aromatic N) is 2. The van der Waals surface area contributed by atoms with Gasteiger partial charge in [0.2, 0.25) is 0 Å². The summed E-state index contributed by atoms with van der Waals surface area (Å²) in [6.07, 6.45) is 1.69. The van der Waals surface area contributed by atoms with Crippen molar-refractivity contribution in [2.75, 3.05) is 7.11 Å². The highest BCUT2D eigenvalue weighted by Crippen LogP contribution is 2.28. The summed E-state index contributed by atoms with van der Waals surface area (Å²) in [7, 11) is 1.48. The first-order valence-electron chi connectivity index (χ1n) is 6.65. The number of ether oxygens (including phenoxy) is 1. The number of para-hydroxylation sites is 2. The number of aromatic amines is 1. The number of phenolic OH excluding ortho intramolecular Hbond substituents is 1. The van der Waals surface area contributed by atoms with E-state index in [4.69, 9.17) is 4.74 Å². The zero-order valence-corrected chi connectivity index (χ0v) is 11.9. The summed E-state index contributed by atoms with van der Waals surface area (Å²) in [6, 6.07) is 14.6. The van der Waals surface area contributed by atoms with Crippen LogP contribution < -0.4 is 4.74 Å². The lowest BCUT2D eigenvalue weighted by Crippen LogP contribution is -1.87. The molecule has 0 bridgehead atoms. The second kappa shape index (κ2) is 5.62. The van der Waals surface area contributed by atoms with Crippen molar-refractivity contribution < 1.29 is 9.84 Å². The fourth-order valence-electron chi connectivity index (χ4n) is 2.18. The highest BCUT2D eigenvalue weighted by atomic mass is 16.5. The van der Waals surface area contributed by atoms with Crippen LogP contribution in [0.2, 0.25) is 0 Å². The van der Waals surface area contributed by atoms with Gasteiger partial charge < -0.3 is 14.8 Å². The third kappa shape index (κ3) is 2.50. The molecular weight excluding hydrogens is 278 g/mol. The Hall–Kier alpha value is -3.26. The Morgan fingerprint density at radius 2 is 2.14 bits per heavy atom. The molecule has 0 radical (unpaired) electrons. The highest BCUT2D eigenvalue weighted by Gasteiger charge is 2.08. The number of nitriles is 1. The Morgan fingerprint density at radius 1 is 1.32 bits per heavy atom. The fourth-order valence-corrected chi connectivity index (χ4v) is 2.18. The van der Waals surface area contributed by atoms with Crippen molar-refractivity contribution >= 4 is 22.7 Å². The summed E-state index contributed by atoms with van der Waals surface area (Å²) in [5.74, 6) is 0.924. The number of hydrogen-bond donors (Lipinski definition) is 2. The molecule has 2 aromatic carbocycles. The lowest BCUT2D eigenvalue weighted by molar-refractivity contribution is 0.373. The summed E-state index contributed by atoms with van der Waals surface area (Å²) in [5, 5.41) is 19.0. The number of aromatic nitrogens is 2. The molecule has 0 saturated carbocycles. The number of hydrogen-bond acceptors (Lipinski definition) is 4. The maximum Gasteiger partial charge on any atom is 0.161 e. The average molecular weight is 291 g/mol. The molecule has 0 aliphatic heterocycles. The fraction of sp³-hybridized carbons (Fsp3) is 0.0588. The number of methoxy groups -OCH3 is 1. The third-order valence-electron chi connectivity index (χ3n) is 3.28. The zero-order valence-electron chi connectivity index (χ0n) is 11.9. The van der Waals surface area contributed by atoms with Crippen LogP contribution in [-0.4, -0.2) is 22.2 Å². The molecule has 0 amide bonds. The molecule has 0 spiro atoms. The van der Waals surface area contributed by atoms with Gasteiger partial charge in [-0.15, -0.1) is 0 Å². The standard InChI is InChI=1S/C17H13N3O2/c1-22-16-9-11(6-7-15(16)21)8-12(10-18)17-19-13-4-2-3-5-14(13)20-17/h2-9,21H,1H3,(H,19,20). The summed E-state index contributed by atoms with van der Waals surface area (Å²) >= 11 is 0. The topological polar surface area (TPSA) is 81.9 Å². The van der Waals surface area contributed by atoms with Crippen molar-refractivity contribution in [3.8, 4) is 17.6 Å². The van der Waals surface area contributed by atoms with Gasteiger partial charge in [0.15, 0.2) is 11.5 Å². The monoisotopic (exact) mass is 291 g/mol. The predicted molar refractivity (Wildman–Crippen MR) is 84.2 cm³/mol. The van der Waals surface area contributed by atoms with Gasteiger partial charge in [0.1, 0.15) is 11.9 Å². The van der Waals surface area contributed by atoms with Crippen LogP contribution in [0.25, 0.3) is 22.7 Å². The molecule has 1 aromatic heterocycles. The van der Waals surface area contributed by atoms with Crippen LogP contribution in [0.4, 0.5) is 0 Å². The summed E-state index contributed by atoms with van der Waals surface area (Å²) in [5.41, 5.74) is 2.83. The molecule has 2 N–H and O–H groups in total. The van der Waals surface area contributed by atoms with Gasteiger partial charge in [0.25, 0.3) is 0 Å². The van der Waals surface area contributed by atoms with E-state index in [0.29, 0.717) is 17.1 Å². The lowest BCUT2D eigenvalue weighted by Gasteiger charge is -2.04. The molecule has 0 aliphatic carbocycles. The van der Waals surface area contributed by atoms with Crippen molar-refractivity contribution in [1.29, 1.82) is 5.26 Å². The third-order valence-corrected chi connectivity index (χ3v) is 3.28. The minimum Gasteiger partial charge on any atom is -0.504 e. The van der Waals surface area contributed by atoms with E-state index in [1.807, 2.05) is 24.3 Å². The molecule has 5 heteroatoms. The summed E-state index contributed by atoms with van der Waals surface area (Å²) < 4.78 is 5.07. The number of nitrogens with one attached hydrogen (secondary N) is 1. The molecule has 0 saturated heterocycles. The molecule has 1 heterocycles. The summed E-state index contributed by atoms with van der Waals surface area (Å²) in [6.45, 7) is 0. The lowest BCUT2D eigenvalue weighted by atomic mass is 10.1. The largest absolute Gasteiger partial charge is 0.504 e. The number of H-pyrrole nitrogens is 1. The van der Waals surface area contributed by atoms with Crippen LogP contribution in [0.5, 0.6) is 11.5 Å². The normalized spacial score (nSPS) is 11.4. The minimum absolute atomic E-state index is 0.0573. The van der Waals surface area contributed by atoms with Gasteiger partial charge in [0.05, 0.1) is 23.7 Å². The van der Waals surface area contributed by atoms with Crippen molar-refractivity contribution in [2.24, 2.45) is 0 Å². The minimum atomic E-state index is 0.0573. The maximum atomic E-state index is 9.61. The second-order valence-corrected chi connectivity index (χ2v) is 4.70. The van der Waals surface area contributed by atoms with Gasteiger partial charge in [-0.2, -0.15) is 5.26 Å². The number of allylic oxidation sites excluding steroid dienone is 1. The molecule has 5 nitrogen and oxygen atoms in total. The molecular formula is C17H13N3O2. The number of rotatable bonds is 3. The van der Waals surface area contributed by atoms with Crippen LogP contribution in [0.1, 0.15) is 11.4 Å². The Balaban J connectivity index is 2.05. The number of fused-ring (bicyclic) bond motifs is 1. The molecule has 22 heavy (non-hydrogen) atoms. The Kier molecular flexibility index (Phi) is 3.50. The molecule has 0 atom stereocenters. The molecule has 0 aliphatic rings. The van der Waals surface area contributed by atoms with Crippen molar-refractivity contribution in [1.82, 2.24) is 9.97 Å².